The van der Waals surface area contributed by atoms with Crippen LogP contribution in [0.25, 0.3) is 0 Å². The maximum atomic E-state index is 3.72. The zero-order chi connectivity index (χ0) is 11.9. The molecule has 1 heterocycles. The van der Waals surface area contributed by atoms with Crippen molar-refractivity contribution >= 4 is 11.3 Å². The van der Waals surface area contributed by atoms with E-state index in [0.29, 0.717) is 6.04 Å². The van der Waals surface area contributed by atoms with Crippen LogP contribution >= 0.6 is 11.3 Å². The zero-order valence-electron chi connectivity index (χ0n) is 10.7. The van der Waals surface area contributed by atoms with E-state index in [0.717, 1.165) is 6.54 Å². The Morgan fingerprint density at radius 3 is 3.00 bits per heavy atom. The fourth-order valence-corrected chi connectivity index (χ4v) is 3.21. The summed E-state index contributed by atoms with van der Waals surface area (Å²) in [5, 5.41) is 5.90. The van der Waals surface area contributed by atoms with Crippen LogP contribution in [0.2, 0.25) is 0 Å². The van der Waals surface area contributed by atoms with Crippen LogP contribution in [0.1, 0.15) is 43.9 Å². The fourth-order valence-electron chi connectivity index (χ4n) is 2.46. The highest BCUT2D eigenvalue weighted by Crippen LogP contribution is 2.23. The largest absolute Gasteiger partial charge is 0.310 e. The normalized spacial score (nSPS) is 17.8. The monoisotopic (exact) mass is 249 g/mol. The second-order valence-electron chi connectivity index (χ2n) is 4.82. The lowest BCUT2D eigenvalue weighted by Crippen LogP contribution is -2.34. The molecule has 1 aliphatic rings. The van der Waals surface area contributed by atoms with E-state index in [1.807, 2.05) is 11.3 Å². The van der Waals surface area contributed by atoms with Crippen molar-refractivity contribution < 1.29 is 0 Å². The van der Waals surface area contributed by atoms with E-state index in [4.69, 9.17) is 0 Å². The van der Waals surface area contributed by atoms with Gasteiger partial charge in [-0.25, -0.2) is 0 Å². The van der Waals surface area contributed by atoms with Crippen LogP contribution in [-0.2, 0) is 6.42 Å². The maximum Gasteiger partial charge on any atom is 0.0327 e. The minimum atomic E-state index is 0.578. The third-order valence-corrected chi connectivity index (χ3v) is 4.30. The summed E-state index contributed by atoms with van der Waals surface area (Å²) in [6.07, 6.45) is 10.2. The van der Waals surface area contributed by atoms with Crippen molar-refractivity contribution in [2.45, 2.75) is 51.5 Å². The Bertz CT molecular complexity index is 340. The molecule has 1 unspecified atom stereocenters. The predicted octanol–water partition coefficient (Wildman–Crippen LogP) is 4.16. The Morgan fingerprint density at radius 2 is 2.35 bits per heavy atom. The Balaban J connectivity index is 1.99. The Labute approximate surface area is 109 Å². The first-order chi connectivity index (χ1) is 8.40. The van der Waals surface area contributed by atoms with Crippen LogP contribution in [0, 0.1) is 0 Å². The van der Waals surface area contributed by atoms with Gasteiger partial charge in [-0.1, -0.05) is 24.6 Å². The van der Waals surface area contributed by atoms with Crippen LogP contribution in [-0.4, -0.2) is 12.6 Å². The summed E-state index contributed by atoms with van der Waals surface area (Å²) in [7, 11) is 0. The number of hydrogen-bond acceptors (Lipinski definition) is 2. The first-order valence-electron chi connectivity index (χ1n) is 6.85. The Hall–Kier alpha value is -0.600. The summed E-state index contributed by atoms with van der Waals surface area (Å²) >= 11 is 1.88. The first kappa shape index (κ1) is 12.8. The number of thiophene rings is 1. The molecule has 94 valence electrons. The molecule has 1 aromatic rings. The highest BCUT2D eigenvalue weighted by molar-refractivity contribution is 7.09. The van der Waals surface area contributed by atoms with Gasteiger partial charge in [0.25, 0.3) is 0 Å². The molecule has 1 atom stereocenters. The average molecular weight is 249 g/mol. The third kappa shape index (κ3) is 3.97. The van der Waals surface area contributed by atoms with Crippen molar-refractivity contribution in [3.63, 3.8) is 0 Å². The van der Waals surface area contributed by atoms with Gasteiger partial charge in [0.15, 0.2) is 0 Å². The van der Waals surface area contributed by atoms with Crippen molar-refractivity contribution in [1.29, 1.82) is 0 Å². The molecule has 17 heavy (non-hydrogen) atoms. The highest BCUT2D eigenvalue weighted by Gasteiger charge is 2.16. The van der Waals surface area contributed by atoms with Crippen molar-refractivity contribution in [1.82, 2.24) is 5.32 Å². The van der Waals surface area contributed by atoms with Gasteiger partial charge < -0.3 is 5.32 Å². The Kier molecular flexibility index (Phi) is 5.27. The molecule has 0 saturated carbocycles. The van der Waals surface area contributed by atoms with Crippen molar-refractivity contribution in [3.05, 3.63) is 34.0 Å². The van der Waals surface area contributed by atoms with Gasteiger partial charge in [0.05, 0.1) is 0 Å². The van der Waals surface area contributed by atoms with Crippen LogP contribution in [0.15, 0.2) is 29.2 Å². The van der Waals surface area contributed by atoms with Crippen LogP contribution in [0.4, 0.5) is 0 Å². The highest BCUT2D eigenvalue weighted by atomic mass is 32.1. The molecule has 0 aromatic carbocycles. The van der Waals surface area contributed by atoms with E-state index >= 15 is 0 Å². The lowest BCUT2D eigenvalue weighted by Gasteiger charge is -2.24. The molecule has 0 fully saturated rings. The van der Waals surface area contributed by atoms with E-state index in [9.17, 15) is 0 Å². The van der Waals surface area contributed by atoms with E-state index in [1.54, 1.807) is 5.57 Å². The summed E-state index contributed by atoms with van der Waals surface area (Å²) in [5.41, 5.74) is 1.65. The molecule has 0 spiro atoms. The van der Waals surface area contributed by atoms with Crippen molar-refractivity contribution in [2.75, 3.05) is 6.54 Å². The summed E-state index contributed by atoms with van der Waals surface area (Å²) in [5.74, 6) is 0. The van der Waals surface area contributed by atoms with Gasteiger partial charge in [-0.2, -0.15) is 0 Å². The van der Waals surface area contributed by atoms with Gasteiger partial charge in [0.1, 0.15) is 0 Å². The number of hydrogen-bond donors (Lipinski definition) is 1. The SMILES string of the molecule is CCCNC(Cc1cccs1)C1=CCCCC1. The molecule has 1 aromatic heterocycles. The standard InChI is InChI=1S/C15H23NS/c1-2-10-16-15(12-14-9-6-11-17-14)13-7-4-3-5-8-13/h6-7,9,11,15-16H,2-5,8,10,12H2,1H3. The van der Waals surface area contributed by atoms with Gasteiger partial charge in [-0.15, -0.1) is 11.3 Å². The molecular formula is C15H23NS. The quantitative estimate of drug-likeness (QED) is 0.747. The molecule has 0 amide bonds. The zero-order valence-corrected chi connectivity index (χ0v) is 11.6. The number of allylic oxidation sites excluding steroid dienone is 1. The second kappa shape index (κ2) is 6.97. The lowest BCUT2D eigenvalue weighted by molar-refractivity contribution is 0.528. The second-order valence-corrected chi connectivity index (χ2v) is 5.85. The molecular weight excluding hydrogens is 226 g/mol. The molecule has 2 heteroatoms. The molecule has 1 aliphatic carbocycles. The molecule has 0 saturated heterocycles. The molecule has 1 N–H and O–H groups in total. The molecule has 0 aliphatic heterocycles. The average Bonchev–Trinajstić information content (AvgIpc) is 2.88. The smallest absolute Gasteiger partial charge is 0.0327 e. The predicted molar refractivity (Wildman–Crippen MR) is 76.7 cm³/mol. The number of rotatable bonds is 6. The molecule has 0 bridgehead atoms. The van der Waals surface area contributed by atoms with Crippen molar-refractivity contribution in [2.24, 2.45) is 0 Å². The van der Waals surface area contributed by atoms with Gasteiger partial charge >= 0.3 is 0 Å². The number of nitrogens with one attached hydrogen (secondary N) is 1. The van der Waals surface area contributed by atoms with Gasteiger partial charge in [-0.3, -0.25) is 0 Å². The van der Waals surface area contributed by atoms with Crippen LogP contribution in [0.3, 0.4) is 0 Å². The van der Waals surface area contributed by atoms with E-state index in [-0.39, 0.29) is 0 Å². The van der Waals surface area contributed by atoms with E-state index in [1.165, 1.54) is 43.4 Å². The van der Waals surface area contributed by atoms with Crippen LogP contribution in [0.5, 0.6) is 0 Å². The minimum absolute atomic E-state index is 0.578. The van der Waals surface area contributed by atoms with Gasteiger partial charge in [0, 0.05) is 17.3 Å². The van der Waals surface area contributed by atoms with Gasteiger partial charge in [0.2, 0.25) is 0 Å². The van der Waals surface area contributed by atoms with Crippen LogP contribution < -0.4 is 5.32 Å². The summed E-state index contributed by atoms with van der Waals surface area (Å²) < 4.78 is 0. The summed E-state index contributed by atoms with van der Waals surface area (Å²) in [6, 6.07) is 5.00. The third-order valence-electron chi connectivity index (χ3n) is 3.40. The topological polar surface area (TPSA) is 12.0 Å². The first-order valence-corrected chi connectivity index (χ1v) is 7.73. The van der Waals surface area contributed by atoms with Gasteiger partial charge in [-0.05, 0) is 50.1 Å². The van der Waals surface area contributed by atoms with E-state index in [2.05, 4.69) is 35.8 Å². The fraction of sp³-hybridized carbons (Fsp3) is 0.600. The van der Waals surface area contributed by atoms with E-state index < -0.39 is 0 Å². The minimum Gasteiger partial charge on any atom is -0.310 e. The summed E-state index contributed by atoms with van der Waals surface area (Å²) in [4.78, 5) is 1.50. The Morgan fingerprint density at radius 1 is 1.41 bits per heavy atom. The lowest BCUT2D eigenvalue weighted by atomic mass is 9.92. The van der Waals surface area contributed by atoms with Crippen molar-refractivity contribution in [3.8, 4) is 0 Å². The molecule has 0 radical (unpaired) electrons. The molecule has 2 rings (SSSR count). The summed E-state index contributed by atoms with van der Waals surface area (Å²) in [6.45, 7) is 3.37. The molecule has 1 nitrogen and oxygen atoms in total. The maximum absolute atomic E-state index is 3.72.